The maximum Gasteiger partial charge on any atom is 0.155 e. The summed E-state index contributed by atoms with van der Waals surface area (Å²) in [7, 11) is -3.00. The van der Waals surface area contributed by atoms with Crippen LogP contribution in [0.25, 0.3) is 15.8 Å². The topological polar surface area (TPSA) is 50.3 Å². The number of sulfone groups is 1. The zero-order chi connectivity index (χ0) is 15.2. The normalized spacial score (nSPS) is 20.3. The first-order valence-corrected chi connectivity index (χ1v) is 9.72. The summed E-state index contributed by atoms with van der Waals surface area (Å²) >= 11 is 1.61. The van der Waals surface area contributed by atoms with E-state index in [0.717, 1.165) is 27.1 Å². The average Bonchev–Trinajstić information content (AvgIpc) is 2.92. The molecule has 1 aromatic heterocycles. The largest absolute Gasteiger partial charge is 0.347 e. The van der Waals surface area contributed by atoms with Gasteiger partial charge in [0.05, 0.1) is 27.2 Å². The number of benzene rings is 1. The van der Waals surface area contributed by atoms with Gasteiger partial charge >= 0.3 is 0 Å². The van der Waals surface area contributed by atoms with Gasteiger partial charge in [0.2, 0.25) is 0 Å². The molecule has 0 atom stereocenters. The first kappa shape index (κ1) is 13.7. The second-order valence-electron chi connectivity index (χ2n) is 5.35. The van der Waals surface area contributed by atoms with Gasteiger partial charge in [-0.3, -0.25) is 0 Å². The Morgan fingerprint density at radius 1 is 1.27 bits per heavy atom. The first-order chi connectivity index (χ1) is 10.6. The molecule has 4 rings (SSSR count). The van der Waals surface area contributed by atoms with E-state index < -0.39 is 9.84 Å². The Hall–Kier alpha value is -1.92. The summed E-state index contributed by atoms with van der Waals surface area (Å²) in [5.74, 6) is 0.297. The molecule has 0 amide bonds. The lowest BCUT2D eigenvalue weighted by Gasteiger charge is -2.26. The number of fused-ring (bicyclic) bond motifs is 2. The number of rotatable bonds is 1. The zero-order valence-corrected chi connectivity index (χ0v) is 13.4. The second kappa shape index (κ2) is 5.07. The van der Waals surface area contributed by atoms with Crippen LogP contribution >= 0.6 is 11.3 Å². The Bertz CT molecular complexity index is 936. The molecule has 22 heavy (non-hydrogen) atoms. The molecule has 2 aromatic rings. The first-order valence-electron chi connectivity index (χ1n) is 7.02. The van der Waals surface area contributed by atoms with Gasteiger partial charge in [-0.25, -0.2) is 13.4 Å². The van der Waals surface area contributed by atoms with Crippen LogP contribution in [0.4, 0.5) is 0 Å². The minimum absolute atomic E-state index is 0.104. The van der Waals surface area contributed by atoms with Crippen molar-refractivity contribution in [3.05, 3.63) is 59.4 Å². The Balaban J connectivity index is 1.81. The van der Waals surface area contributed by atoms with Crippen LogP contribution < -0.4 is 0 Å². The third-order valence-corrected chi connectivity index (χ3v) is 6.20. The van der Waals surface area contributed by atoms with E-state index in [2.05, 4.69) is 11.1 Å². The van der Waals surface area contributed by atoms with Crippen molar-refractivity contribution in [1.82, 2.24) is 9.88 Å². The van der Waals surface area contributed by atoms with E-state index in [9.17, 15) is 8.42 Å². The molecule has 0 bridgehead atoms. The van der Waals surface area contributed by atoms with E-state index in [1.165, 1.54) is 0 Å². The van der Waals surface area contributed by atoms with Crippen molar-refractivity contribution in [3.63, 3.8) is 0 Å². The molecule has 0 unspecified atom stereocenters. The van der Waals surface area contributed by atoms with Crippen molar-refractivity contribution >= 4 is 37.0 Å². The number of nitrogens with zero attached hydrogens (tertiary/aromatic N) is 2. The van der Waals surface area contributed by atoms with Gasteiger partial charge < -0.3 is 4.90 Å². The summed E-state index contributed by atoms with van der Waals surface area (Å²) in [4.78, 5) is 6.33. The highest BCUT2D eigenvalue weighted by Gasteiger charge is 2.23. The Labute approximate surface area is 133 Å². The van der Waals surface area contributed by atoms with E-state index >= 15 is 0 Å². The molecule has 0 radical (unpaired) electrons. The summed E-state index contributed by atoms with van der Waals surface area (Å²) in [6.45, 7) is 0.505. The summed E-state index contributed by atoms with van der Waals surface area (Å²) in [5.41, 5.74) is 5.97. The third-order valence-electron chi connectivity index (χ3n) is 3.93. The fourth-order valence-corrected chi connectivity index (χ4v) is 4.55. The number of allylic oxidation sites excluding steroid dienone is 3. The molecule has 1 aromatic carbocycles. The van der Waals surface area contributed by atoms with Crippen LogP contribution in [0, 0.1) is 0 Å². The van der Waals surface area contributed by atoms with E-state index in [4.69, 9.17) is 0 Å². The van der Waals surface area contributed by atoms with Gasteiger partial charge in [0.1, 0.15) is 0 Å². The Morgan fingerprint density at radius 2 is 2.18 bits per heavy atom. The van der Waals surface area contributed by atoms with Gasteiger partial charge in [-0.1, -0.05) is 12.1 Å². The molecule has 0 spiro atoms. The van der Waals surface area contributed by atoms with Crippen molar-refractivity contribution in [3.8, 4) is 0 Å². The van der Waals surface area contributed by atoms with Crippen molar-refractivity contribution in [2.24, 2.45) is 0 Å². The van der Waals surface area contributed by atoms with Crippen LogP contribution in [0.1, 0.15) is 5.56 Å². The number of aromatic nitrogens is 1. The summed E-state index contributed by atoms with van der Waals surface area (Å²) in [6.07, 6.45) is 7.79. The van der Waals surface area contributed by atoms with E-state index in [0.29, 0.717) is 6.54 Å². The number of thiazole rings is 1. The Morgan fingerprint density at radius 3 is 3.09 bits per heavy atom. The van der Waals surface area contributed by atoms with Crippen LogP contribution in [0.2, 0.25) is 0 Å². The van der Waals surface area contributed by atoms with Gasteiger partial charge in [0.15, 0.2) is 9.84 Å². The smallest absolute Gasteiger partial charge is 0.155 e. The van der Waals surface area contributed by atoms with Crippen molar-refractivity contribution in [2.45, 2.75) is 0 Å². The highest BCUT2D eigenvalue weighted by molar-refractivity contribution is 7.91. The van der Waals surface area contributed by atoms with E-state index in [1.807, 2.05) is 47.0 Å². The number of hydrogen-bond donors (Lipinski definition) is 0. The van der Waals surface area contributed by atoms with Crippen LogP contribution in [0.5, 0.6) is 0 Å². The quantitative estimate of drug-likeness (QED) is 0.807. The molecule has 2 aliphatic rings. The molecule has 6 heteroatoms. The molecule has 0 saturated heterocycles. The van der Waals surface area contributed by atoms with Gasteiger partial charge in [-0.15, -0.1) is 11.3 Å². The highest BCUT2D eigenvalue weighted by Crippen LogP contribution is 2.33. The fraction of sp³-hybridized carbons (Fsp3) is 0.188. The van der Waals surface area contributed by atoms with Gasteiger partial charge in [0, 0.05) is 24.0 Å². The summed E-state index contributed by atoms with van der Waals surface area (Å²) in [6, 6.07) is 6.18. The zero-order valence-electron chi connectivity index (χ0n) is 11.8. The van der Waals surface area contributed by atoms with Gasteiger partial charge in [0.25, 0.3) is 0 Å². The average molecular weight is 330 g/mol. The number of hydrogen-bond acceptors (Lipinski definition) is 5. The van der Waals surface area contributed by atoms with Crippen molar-refractivity contribution < 1.29 is 8.42 Å². The minimum Gasteiger partial charge on any atom is -0.347 e. The second-order valence-corrected chi connectivity index (χ2v) is 8.47. The standard InChI is InChI=1S/C16H14N2O2S2/c19-22(20)8-5-15-13(2-1-6-18(15)7-9-22)12-3-4-14-16(10-12)21-11-17-14/h1-6,10-11H,7-9H2. The Kier molecular flexibility index (Phi) is 3.16. The third kappa shape index (κ3) is 2.38. The van der Waals surface area contributed by atoms with Crippen LogP contribution in [0.3, 0.4) is 0 Å². The molecule has 0 saturated carbocycles. The fourth-order valence-electron chi connectivity index (χ4n) is 2.78. The molecule has 0 aliphatic carbocycles. The van der Waals surface area contributed by atoms with E-state index in [1.54, 1.807) is 11.3 Å². The summed E-state index contributed by atoms with van der Waals surface area (Å²) in [5, 5.41) is 0. The molecule has 2 aliphatic heterocycles. The van der Waals surface area contributed by atoms with E-state index in [-0.39, 0.29) is 11.5 Å². The lowest BCUT2D eigenvalue weighted by Crippen LogP contribution is -2.23. The molecular formula is C16H14N2O2S2. The molecule has 4 nitrogen and oxygen atoms in total. The monoisotopic (exact) mass is 330 g/mol. The highest BCUT2D eigenvalue weighted by atomic mass is 32.2. The molecule has 3 heterocycles. The molecule has 112 valence electrons. The predicted octanol–water partition coefficient (Wildman–Crippen LogP) is 2.82. The molecule has 0 N–H and O–H groups in total. The van der Waals surface area contributed by atoms with Crippen molar-refractivity contribution in [2.75, 3.05) is 18.1 Å². The maximum absolute atomic E-state index is 11.9. The van der Waals surface area contributed by atoms with Crippen molar-refractivity contribution in [1.29, 1.82) is 0 Å². The van der Waals surface area contributed by atoms with Crippen LogP contribution in [-0.2, 0) is 9.84 Å². The predicted molar refractivity (Wildman–Crippen MR) is 90.2 cm³/mol. The van der Waals surface area contributed by atoms with Crippen LogP contribution in [0.15, 0.2) is 53.8 Å². The minimum atomic E-state index is -3.00. The molecular weight excluding hydrogens is 316 g/mol. The van der Waals surface area contributed by atoms with Crippen LogP contribution in [-0.4, -0.2) is 36.4 Å². The van der Waals surface area contributed by atoms with Gasteiger partial charge in [-0.2, -0.15) is 0 Å². The SMILES string of the molecule is O=S1(=O)CC=C2C(c3ccc4ncsc4c3)=CC=CN2CC1. The lowest BCUT2D eigenvalue weighted by molar-refractivity contribution is 0.507. The maximum atomic E-state index is 11.9. The lowest BCUT2D eigenvalue weighted by atomic mass is 9.99. The molecule has 0 fully saturated rings. The van der Waals surface area contributed by atoms with Gasteiger partial charge in [-0.05, 0) is 29.8 Å². The summed E-state index contributed by atoms with van der Waals surface area (Å²) < 4.78 is 24.9.